The summed E-state index contributed by atoms with van der Waals surface area (Å²) in [4.78, 5) is 29.6. The highest BCUT2D eigenvalue weighted by Gasteiger charge is 2.33. The standard InChI is InChI=1S/C21H14ClF3N4O2S/c1-11-26-18-19(32-11)17(12-6-8-13(22)9-7-12)28-29(20(18)31)10-16(30)27-15-5-3-2-4-14(15)21(23,24)25/h2-9H,10H2,1H3,(H,27,30). The van der Waals surface area contributed by atoms with Gasteiger partial charge in [-0.2, -0.15) is 18.3 Å². The van der Waals surface area contributed by atoms with Crippen LogP contribution in [0.4, 0.5) is 18.9 Å². The fourth-order valence-electron chi connectivity index (χ4n) is 3.14. The van der Waals surface area contributed by atoms with E-state index in [9.17, 15) is 22.8 Å². The third-order valence-corrected chi connectivity index (χ3v) is 5.75. The zero-order chi connectivity index (χ0) is 23.0. The van der Waals surface area contributed by atoms with E-state index in [1.807, 2.05) is 0 Å². The van der Waals surface area contributed by atoms with Crippen molar-refractivity contribution in [2.45, 2.75) is 19.6 Å². The molecule has 2 heterocycles. The molecule has 0 unspecified atom stereocenters. The maximum absolute atomic E-state index is 13.2. The number of thiazole rings is 1. The first-order valence-corrected chi connectivity index (χ1v) is 10.4. The Bertz CT molecular complexity index is 1380. The number of anilines is 1. The van der Waals surface area contributed by atoms with E-state index < -0.39 is 35.4 Å². The average molecular weight is 479 g/mol. The van der Waals surface area contributed by atoms with Gasteiger partial charge in [-0.1, -0.05) is 35.9 Å². The first-order valence-electron chi connectivity index (χ1n) is 9.24. The van der Waals surface area contributed by atoms with Crippen LogP contribution in [0.25, 0.3) is 21.5 Å². The van der Waals surface area contributed by atoms with Crippen LogP contribution in [0.2, 0.25) is 5.02 Å². The highest BCUT2D eigenvalue weighted by Crippen LogP contribution is 2.34. The third kappa shape index (κ3) is 4.37. The lowest BCUT2D eigenvalue weighted by Crippen LogP contribution is -2.30. The van der Waals surface area contributed by atoms with E-state index in [0.717, 1.165) is 16.8 Å². The van der Waals surface area contributed by atoms with E-state index in [1.165, 1.54) is 23.5 Å². The summed E-state index contributed by atoms with van der Waals surface area (Å²) in [6, 6.07) is 11.4. The zero-order valence-corrected chi connectivity index (χ0v) is 18.0. The van der Waals surface area contributed by atoms with Crippen LogP contribution in [0.15, 0.2) is 53.3 Å². The van der Waals surface area contributed by atoms with Crippen molar-refractivity contribution in [3.63, 3.8) is 0 Å². The zero-order valence-electron chi connectivity index (χ0n) is 16.4. The van der Waals surface area contributed by atoms with Crippen LogP contribution in [0, 0.1) is 6.92 Å². The largest absolute Gasteiger partial charge is 0.418 e. The lowest BCUT2D eigenvalue weighted by atomic mass is 10.1. The second kappa shape index (κ2) is 8.36. The lowest BCUT2D eigenvalue weighted by Gasteiger charge is -2.14. The van der Waals surface area contributed by atoms with Gasteiger partial charge in [0.25, 0.3) is 5.56 Å². The summed E-state index contributed by atoms with van der Waals surface area (Å²) in [6.45, 7) is 1.15. The molecule has 32 heavy (non-hydrogen) atoms. The molecule has 2 aromatic heterocycles. The first-order chi connectivity index (χ1) is 15.1. The van der Waals surface area contributed by atoms with Crippen LogP contribution in [0.3, 0.4) is 0 Å². The molecule has 0 saturated carbocycles. The number of amides is 1. The van der Waals surface area contributed by atoms with Crippen molar-refractivity contribution in [3.8, 4) is 11.3 Å². The Hall–Kier alpha value is -3.24. The Kier molecular flexibility index (Phi) is 5.74. The lowest BCUT2D eigenvalue weighted by molar-refractivity contribution is -0.137. The van der Waals surface area contributed by atoms with Crippen molar-refractivity contribution < 1.29 is 18.0 Å². The van der Waals surface area contributed by atoms with Crippen molar-refractivity contribution >= 4 is 44.7 Å². The van der Waals surface area contributed by atoms with Gasteiger partial charge in [0.05, 0.1) is 21.0 Å². The molecule has 0 fully saturated rings. The number of nitrogens with zero attached hydrogens (tertiary/aromatic N) is 3. The van der Waals surface area contributed by atoms with Gasteiger partial charge in [0, 0.05) is 10.6 Å². The van der Waals surface area contributed by atoms with Gasteiger partial charge >= 0.3 is 6.18 Å². The second-order valence-electron chi connectivity index (χ2n) is 6.82. The molecule has 0 radical (unpaired) electrons. The van der Waals surface area contributed by atoms with E-state index in [2.05, 4.69) is 15.4 Å². The van der Waals surface area contributed by atoms with Crippen LogP contribution in [-0.4, -0.2) is 20.7 Å². The molecule has 2 aromatic carbocycles. The Labute approximate surface area is 188 Å². The van der Waals surface area contributed by atoms with Gasteiger partial charge in [-0.05, 0) is 31.2 Å². The minimum Gasteiger partial charge on any atom is -0.324 e. The summed E-state index contributed by atoms with van der Waals surface area (Å²) < 4.78 is 41.1. The molecule has 1 amide bonds. The quantitative estimate of drug-likeness (QED) is 0.440. The summed E-state index contributed by atoms with van der Waals surface area (Å²) in [5.41, 5.74) is -0.787. The van der Waals surface area contributed by atoms with Crippen molar-refractivity contribution in [1.29, 1.82) is 0 Å². The molecule has 4 aromatic rings. The summed E-state index contributed by atoms with van der Waals surface area (Å²) >= 11 is 7.23. The van der Waals surface area contributed by atoms with Gasteiger partial charge in [-0.15, -0.1) is 11.3 Å². The summed E-state index contributed by atoms with van der Waals surface area (Å²) in [7, 11) is 0. The predicted octanol–water partition coefficient (Wildman–Crippen LogP) is 5.14. The molecule has 1 N–H and O–H groups in total. The minimum absolute atomic E-state index is 0.135. The van der Waals surface area contributed by atoms with Crippen molar-refractivity contribution in [2.24, 2.45) is 0 Å². The van der Waals surface area contributed by atoms with Gasteiger partial charge in [0.2, 0.25) is 5.91 Å². The molecule has 0 aliphatic heterocycles. The number of halogens is 4. The number of fused-ring (bicyclic) bond motifs is 1. The van der Waals surface area contributed by atoms with E-state index in [-0.39, 0.29) is 5.52 Å². The van der Waals surface area contributed by atoms with E-state index in [1.54, 1.807) is 31.2 Å². The van der Waals surface area contributed by atoms with Gasteiger partial charge in [0.15, 0.2) is 5.52 Å². The third-order valence-electron chi connectivity index (χ3n) is 4.52. The van der Waals surface area contributed by atoms with E-state index >= 15 is 0 Å². The Morgan fingerprint density at radius 2 is 1.84 bits per heavy atom. The molecule has 164 valence electrons. The van der Waals surface area contributed by atoms with Gasteiger partial charge < -0.3 is 5.32 Å². The normalized spacial score (nSPS) is 11.7. The Morgan fingerprint density at radius 3 is 2.53 bits per heavy atom. The number of benzene rings is 2. The van der Waals surface area contributed by atoms with Crippen molar-refractivity contribution in [2.75, 3.05) is 5.32 Å². The van der Waals surface area contributed by atoms with E-state index in [4.69, 9.17) is 11.6 Å². The molecule has 0 spiro atoms. The minimum atomic E-state index is -4.64. The highest BCUT2D eigenvalue weighted by molar-refractivity contribution is 7.19. The fourth-order valence-corrected chi connectivity index (χ4v) is 4.18. The Balaban J connectivity index is 1.73. The molecule has 0 aliphatic rings. The van der Waals surface area contributed by atoms with Crippen LogP contribution < -0.4 is 10.9 Å². The van der Waals surface area contributed by atoms with Gasteiger partial charge in [-0.3, -0.25) is 9.59 Å². The van der Waals surface area contributed by atoms with Gasteiger partial charge in [0.1, 0.15) is 12.2 Å². The number of para-hydroxylation sites is 1. The van der Waals surface area contributed by atoms with Crippen LogP contribution >= 0.6 is 22.9 Å². The topological polar surface area (TPSA) is 76.9 Å². The number of rotatable bonds is 4. The maximum Gasteiger partial charge on any atom is 0.418 e. The molecular weight excluding hydrogens is 465 g/mol. The highest BCUT2D eigenvalue weighted by atomic mass is 35.5. The molecule has 11 heteroatoms. The molecular formula is C21H14ClF3N4O2S. The molecule has 0 aliphatic carbocycles. The number of alkyl halides is 3. The number of aromatic nitrogens is 3. The molecule has 6 nitrogen and oxygen atoms in total. The van der Waals surface area contributed by atoms with Crippen LogP contribution in [-0.2, 0) is 17.5 Å². The number of aryl methyl sites for hydroxylation is 1. The molecule has 0 atom stereocenters. The molecule has 4 rings (SSSR count). The average Bonchev–Trinajstić information content (AvgIpc) is 3.12. The predicted molar refractivity (Wildman–Crippen MR) is 117 cm³/mol. The number of carbonyl (C=O) groups is 1. The monoisotopic (exact) mass is 478 g/mol. The smallest absolute Gasteiger partial charge is 0.324 e. The molecule has 0 bridgehead atoms. The number of nitrogens with one attached hydrogen (secondary N) is 1. The number of hydrogen-bond acceptors (Lipinski definition) is 5. The summed E-state index contributed by atoms with van der Waals surface area (Å²) in [5.74, 6) is -0.829. The van der Waals surface area contributed by atoms with Crippen molar-refractivity contribution in [3.05, 3.63) is 74.5 Å². The second-order valence-corrected chi connectivity index (χ2v) is 8.46. The van der Waals surface area contributed by atoms with Gasteiger partial charge in [-0.25, -0.2) is 9.67 Å². The van der Waals surface area contributed by atoms with Crippen LogP contribution in [0.1, 0.15) is 10.6 Å². The SMILES string of the molecule is Cc1nc2c(=O)n(CC(=O)Nc3ccccc3C(F)(F)F)nc(-c3ccc(Cl)cc3)c2s1. The maximum atomic E-state index is 13.2. The van der Waals surface area contributed by atoms with Crippen LogP contribution in [0.5, 0.6) is 0 Å². The molecule has 0 saturated heterocycles. The number of hydrogen-bond donors (Lipinski definition) is 1. The van der Waals surface area contributed by atoms with Crippen molar-refractivity contribution in [1.82, 2.24) is 14.8 Å². The summed E-state index contributed by atoms with van der Waals surface area (Å²) in [5, 5.41) is 7.68. The Morgan fingerprint density at radius 1 is 1.16 bits per heavy atom. The summed E-state index contributed by atoms with van der Waals surface area (Å²) in [6.07, 6.45) is -4.64. The fraction of sp³-hybridized carbons (Fsp3) is 0.143. The number of carbonyl (C=O) groups excluding carboxylic acids is 1. The first kappa shape index (κ1) is 22.0. The van der Waals surface area contributed by atoms with E-state index in [0.29, 0.717) is 26.0 Å².